The molecule has 2 heterocycles. The number of carbonyl (C=O) groups is 1. The number of amides is 1. The van der Waals surface area contributed by atoms with Gasteiger partial charge in [0.15, 0.2) is 0 Å². The van der Waals surface area contributed by atoms with Crippen molar-refractivity contribution in [1.29, 1.82) is 0 Å². The Morgan fingerprint density at radius 3 is 2.58 bits per heavy atom. The molecular weight excluding hydrogens is 399 g/mol. The first-order chi connectivity index (χ1) is 8.85. The molecule has 1 amide bonds. The number of nitrogens with one attached hydrogen (secondary N) is 1. The van der Waals surface area contributed by atoms with Crippen molar-refractivity contribution in [2.24, 2.45) is 0 Å². The first-order valence-corrected chi connectivity index (χ1v) is 9.71. The fourth-order valence-electron chi connectivity index (χ4n) is 2.11. The molecule has 0 unspecified atom stereocenters. The van der Waals surface area contributed by atoms with Gasteiger partial charge < -0.3 is 4.90 Å². The first-order valence-electron chi connectivity index (χ1n) is 5.86. The molecule has 0 aromatic carbocycles. The Balaban J connectivity index is 1.91. The molecule has 5 nitrogen and oxygen atoms in total. The number of piperidine rings is 1. The summed E-state index contributed by atoms with van der Waals surface area (Å²) in [5, 5.41) is 1.87. The highest BCUT2D eigenvalue weighted by atomic mass is 127. The molecule has 1 aliphatic rings. The molecule has 19 heavy (non-hydrogen) atoms. The summed E-state index contributed by atoms with van der Waals surface area (Å²) in [4.78, 5) is 14.0. The lowest BCUT2D eigenvalue weighted by Crippen LogP contribution is -2.46. The minimum Gasteiger partial charge on any atom is -0.339 e. The van der Waals surface area contributed by atoms with Gasteiger partial charge in [0.05, 0.1) is 14.7 Å². The van der Waals surface area contributed by atoms with Crippen LogP contribution in [0.3, 0.4) is 0 Å². The lowest BCUT2D eigenvalue weighted by Gasteiger charge is -2.31. The zero-order chi connectivity index (χ0) is 14.0. The van der Waals surface area contributed by atoms with Crippen molar-refractivity contribution < 1.29 is 13.2 Å². The fourth-order valence-corrected chi connectivity index (χ4v) is 4.27. The molecule has 1 aromatic heterocycles. The number of hydrogen-bond acceptors (Lipinski definition) is 4. The maximum atomic E-state index is 12.2. The molecule has 1 aromatic rings. The number of hydrogen-bond donors (Lipinski definition) is 1. The molecule has 1 aliphatic heterocycles. The van der Waals surface area contributed by atoms with Crippen LogP contribution in [0, 0.1) is 2.88 Å². The lowest BCUT2D eigenvalue weighted by atomic mass is 10.1. The molecule has 0 spiro atoms. The van der Waals surface area contributed by atoms with Crippen LogP contribution in [-0.4, -0.2) is 44.6 Å². The van der Waals surface area contributed by atoms with Crippen LogP contribution in [0.1, 0.15) is 23.2 Å². The van der Waals surface area contributed by atoms with Gasteiger partial charge in [0.25, 0.3) is 5.91 Å². The van der Waals surface area contributed by atoms with Crippen LogP contribution in [-0.2, 0) is 10.0 Å². The van der Waals surface area contributed by atoms with Gasteiger partial charge in [0.1, 0.15) is 0 Å². The summed E-state index contributed by atoms with van der Waals surface area (Å²) in [6.07, 6.45) is 2.50. The van der Waals surface area contributed by atoms with Crippen molar-refractivity contribution in [3.63, 3.8) is 0 Å². The van der Waals surface area contributed by atoms with Crippen LogP contribution in [0.15, 0.2) is 11.4 Å². The zero-order valence-corrected chi connectivity index (χ0v) is 14.2. The Morgan fingerprint density at radius 1 is 1.47 bits per heavy atom. The van der Waals surface area contributed by atoms with E-state index in [2.05, 4.69) is 27.3 Å². The SMILES string of the molecule is CS(=O)(=O)NC1CCN(C(=O)c2csc(I)c2)CC1. The Morgan fingerprint density at radius 2 is 2.11 bits per heavy atom. The van der Waals surface area contributed by atoms with E-state index >= 15 is 0 Å². The molecule has 0 radical (unpaired) electrons. The van der Waals surface area contributed by atoms with E-state index in [0.29, 0.717) is 25.9 Å². The number of likely N-dealkylation sites (tertiary alicyclic amines) is 1. The quantitative estimate of drug-likeness (QED) is 0.763. The highest BCUT2D eigenvalue weighted by Crippen LogP contribution is 2.20. The fraction of sp³-hybridized carbons (Fsp3) is 0.545. The van der Waals surface area contributed by atoms with E-state index in [0.717, 1.165) is 14.7 Å². The topological polar surface area (TPSA) is 66.5 Å². The molecule has 2 rings (SSSR count). The number of halogens is 1. The van der Waals surface area contributed by atoms with E-state index in [1.807, 2.05) is 11.4 Å². The molecule has 1 fully saturated rings. The average molecular weight is 414 g/mol. The maximum absolute atomic E-state index is 12.2. The van der Waals surface area contributed by atoms with Gasteiger partial charge in [-0.15, -0.1) is 11.3 Å². The molecule has 106 valence electrons. The van der Waals surface area contributed by atoms with Crippen molar-refractivity contribution in [1.82, 2.24) is 9.62 Å². The predicted molar refractivity (Wildman–Crippen MR) is 83.9 cm³/mol. The van der Waals surface area contributed by atoms with Crippen LogP contribution < -0.4 is 4.72 Å². The van der Waals surface area contributed by atoms with E-state index < -0.39 is 10.0 Å². The second kappa shape index (κ2) is 6.06. The third-order valence-electron chi connectivity index (χ3n) is 2.98. The van der Waals surface area contributed by atoms with Gasteiger partial charge in [0.2, 0.25) is 10.0 Å². The molecular formula is C11H15IN2O3S2. The summed E-state index contributed by atoms with van der Waals surface area (Å²) in [6.45, 7) is 1.19. The van der Waals surface area contributed by atoms with Gasteiger partial charge in [-0.3, -0.25) is 4.79 Å². The Bertz CT molecular complexity index is 562. The van der Waals surface area contributed by atoms with Crippen LogP contribution in [0.5, 0.6) is 0 Å². The molecule has 0 aliphatic carbocycles. The third-order valence-corrected chi connectivity index (χ3v) is 5.53. The summed E-state index contributed by atoms with van der Waals surface area (Å²) >= 11 is 3.75. The van der Waals surface area contributed by atoms with Gasteiger partial charge in [-0.05, 0) is 41.5 Å². The molecule has 8 heteroatoms. The Kier molecular flexibility index (Phi) is 4.85. The summed E-state index contributed by atoms with van der Waals surface area (Å²) in [5.41, 5.74) is 0.726. The largest absolute Gasteiger partial charge is 0.339 e. The minimum atomic E-state index is -3.16. The minimum absolute atomic E-state index is 0.0389. The van der Waals surface area contributed by atoms with Crippen molar-refractivity contribution >= 4 is 49.9 Å². The predicted octanol–water partition coefficient (Wildman–Crippen LogP) is 1.51. The van der Waals surface area contributed by atoms with Crippen LogP contribution in [0.2, 0.25) is 0 Å². The van der Waals surface area contributed by atoms with E-state index in [4.69, 9.17) is 0 Å². The van der Waals surface area contributed by atoms with Crippen molar-refractivity contribution in [3.8, 4) is 0 Å². The molecule has 0 atom stereocenters. The lowest BCUT2D eigenvalue weighted by molar-refractivity contribution is 0.0712. The first kappa shape index (κ1) is 15.2. The molecule has 0 bridgehead atoms. The highest BCUT2D eigenvalue weighted by molar-refractivity contribution is 14.1. The van der Waals surface area contributed by atoms with Gasteiger partial charge in [-0.25, -0.2) is 13.1 Å². The summed E-state index contributed by atoms with van der Waals surface area (Å²) in [7, 11) is -3.16. The number of rotatable bonds is 3. The van der Waals surface area contributed by atoms with E-state index in [1.165, 1.54) is 0 Å². The number of carbonyl (C=O) groups excluding carboxylic acids is 1. The smallest absolute Gasteiger partial charge is 0.254 e. The van der Waals surface area contributed by atoms with E-state index in [-0.39, 0.29) is 11.9 Å². The maximum Gasteiger partial charge on any atom is 0.254 e. The molecule has 1 N–H and O–H groups in total. The highest BCUT2D eigenvalue weighted by Gasteiger charge is 2.25. The number of nitrogens with zero attached hydrogens (tertiary/aromatic N) is 1. The number of sulfonamides is 1. The van der Waals surface area contributed by atoms with Gasteiger partial charge in [-0.1, -0.05) is 0 Å². The van der Waals surface area contributed by atoms with E-state index in [1.54, 1.807) is 16.2 Å². The average Bonchev–Trinajstić information content (AvgIpc) is 2.74. The normalized spacial score (nSPS) is 17.7. The summed E-state index contributed by atoms with van der Waals surface area (Å²) in [6, 6.07) is 1.83. The van der Waals surface area contributed by atoms with Gasteiger partial charge in [-0.2, -0.15) is 0 Å². The van der Waals surface area contributed by atoms with Crippen LogP contribution in [0.25, 0.3) is 0 Å². The number of thiophene rings is 1. The van der Waals surface area contributed by atoms with Crippen molar-refractivity contribution in [2.75, 3.05) is 19.3 Å². The third kappa shape index (κ3) is 4.40. The van der Waals surface area contributed by atoms with Crippen molar-refractivity contribution in [2.45, 2.75) is 18.9 Å². The van der Waals surface area contributed by atoms with Crippen molar-refractivity contribution in [3.05, 3.63) is 19.9 Å². The van der Waals surface area contributed by atoms with Gasteiger partial charge >= 0.3 is 0 Å². The molecule has 0 saturated carbocycles. The second-order valence-electron chi connectivity index (χ2n) is 4.60. The Hall–Kier alpha value is -0.190. The zero-order valence-electron chi connectivity index (χ0n) is 10.4. The monoisotopic (exact) mass is 414 g/mol. The van der Waals surface area contributed by atoms with E-state index in [9.17, 15) is 13.2 Å². The Labute approximate surface area is 130 Å². The molecule has 1 saturated heterocycles. The second-order valence-corrected chi connectivity index (χ2v) is 9.18. The van der Waals surface area contributed by atoms with Crippen LogP contribution in [0.4, 0.5) is 0 Å². The summed E-state index contributed by atoms with van der Waals surface area (Å²) in [5.74, 6) is 0.0389. The van der Waals surface area contributed by atoms with Crippen LogP contribution >= 0.6 is 33.9 Å². The summed E-state index contributed by atoms with van der Waals surface area (Å²) < 4.78 is 26.0. The van der Waals surface area contributed by atoms with Gasteiger partial charge in [0, 0.05) is 24.5 Å². The standard InChI is InChI=1S/C11H15IN2O3S2/c1-19(16,17)13-9-2-4-14(5-3-9)11(15)8-6-10(12)18-7-8/h6-7,9,13H,2-5H2,1H3.